The van der Waals surface area contributed by atoms with Crippen LogP contribution in [0.25, 0.3) is 21.5 Å². The summed E-state index contributed by atoms with van der Waals surface area (Å²) in [5.74, 6) is 2.87. The molecule has 1 aliphatic rings. The first-order chi connectivity index (χ1) is 29.6. The largest absolute Gasteiger partial charge is 0.508 e. The molecule has 308 valence electrons. The lowest BCUT2D eigenvalue weighted by molar-refractivity contribution is 0.112. The molecule has 61 heavy (non-hydrogen) atoms. The van der Waals surface area contributed by atoms with E-state index in [2.05, 4.69) is 51.1 Å². The quantitative estimate of drug-likeness (QED) is 0.0985. The molecular weight excluding hydrogens is 904 g/mol. The van der Waals surface area contributed by atoms with E-state index in [4.69, 9.17) is 45.0 Å². The van der Waals surface area contributed by atoms with Crippen molar-refractivity contribution in [1.82, 2.24) is 0 Å². The molecule has 1 atom stereocenters. The SMILES string of the molecule is C=CCOc1c(Br)cc(C2C(C#N)=C(N)Oc3cc4ccccc4cc32)cc1OC.C=CCOc1c(Br)cc(C=O)cc1OC.N#CCC#N.Oc1ccc2ccccc2c1. The Balaban J connectivity index is 0.000000218. The van der Waals surface area contributed by atoms with E-state index in [9.17, 15) is 10.1 Å². The third-order valence-electron chi connectivity index (χ3n) is 8.64. The predicted molar refractivity (Wildman–Crippen MR) is 243 cm³/mol. The molecule has 3 N–H and O–H groups in total. The van der Waals surface area contributed by atoms with Crippen molar-refractivity contribution in [2.24, 2.45) is 5.73 Å². The van der Waals surface area contributed by atoms with Gasteiger partial charge in [-0.05, 0) is 107 Å². The van der Waals surface area contributed by atoms with Crippen molar-refractivity contribution < 1.29 is 33.6 Å². The highest BCUT2D eigenvalue weighted by Gasteiger charge is 2.32. The zero-order valence-corrected chi connectivity index (χ0v) is 36.4. The number of nitrogens with zero attached hydrogens (tertiary/aromatic N) is 3. The molecule has 0 bridgehead atoms. The van der Waals surface area contributed by atoms with Crippen LogP contribution in [0.2, 0.25) is 0 Å². The smallest absolute Gasteiger partial charge is 0.205 e. The van der Waals surface area contributed by atoms with Crippen molar-refractivity contribution in [3.8, 4) is 52.7 Å². The van der Waals surface area contributed by atoms with E-state index in [1.807, 2.05) is 78.9 Å². The molecule has 0 saturated heterocycles. The molecule has 0 amide bonds. The summed E-state index contributed by atoms with van der Waals surface area (Å²) in [6.45, 7) is 7.97. The minimum absolute atomic E-state index is 0. The molecule has 7 rings (SSSR count). The second-order valence-corrected chi connectivity index (χ2v) is 14.3. The molecule has 6 aromatic carbocycles. The highest BCUT2D eigenvalue weighted by atomic mass is 79.9. The van der Waals surface area contributed by atoms with Crippen LogP contribution in [-0.4, -0.2) is 38.8 Å². The van der Waals surface area contributed by atoms with Crippen LogP contribution < -0.4 is 29.4 Å². The van der Waals surface area contributed by atoms with Crippen molar-refractivity contribution in [1.29, 1.82) is 15.8 Å². The molecule has 0 aromatic heterocycles. The van der Waals surface area contributed by atoms with Gasteiger partial charge in [0.1, 0.15) is 49.1 Å². The maximum atomic E-state index is 10.6. The molecule has 6 aromatic rings. The normalized spacial score (nSPS) is 12.0. The van der Waals surface area contributed by atoms with Crippen molar-refractivity contribution >= 4 is 59.7 Å². The van der Waals surface area contributed by atoms with Gasteiger partial charge in [0.15, 0.2) is 23.0 Å². The van der Waals surface area contributed by atoms with E-state index in [-0.39, 0.29) is 12.3 Å². The third kappa shape index (κ3) is 12.2. The zero-order valence-electron chi connectivity index (χ0n) is 33.2. The first kappa shape index (κ1) is 46.4. The summed E-state index contributed by atoms with van der Waals surface area (Å²) in [4.78, 5) is 10.6. The van der Waals surface area contributed by atoms with Gasteiger partial charge in [-0.15, -0.1) is 0 Å². The molecule has 11 nitrogen and oxygen atoms in total. The number of allylic oxidation sites excluding steroid dienone is 1. The Morgan fingerprint density at radius 3 is 1.82 bits per heavy atom. The summed E-state index contributed by atoms with van der Waals surface area (Å²) in [5.41, 5.74) is 8.73. The Hall–Kier alpha value is -7.24. The van der Waals surface area contributed by atoms with Crippen LogP contribution in [-0.2, 0) is 0 Å². The molecule has 13 heteroatoms. The maximum Gasteiger partial charge on any atom is 0.205 e. The summed E-state index contributed by atoms with van der Waals surface area (Å²) >= 11 is 6.88. The predicted octanol–water partition coefficient (Wildman–Crippen LogP) is 11.2. The van der Waals surface area contributed by atoms with Crippen molar-refractivity contribution in [2.75, 3.05) is 27.4 Å². The lowest BCUT2D eigenvalue weighted by Gasteiger charge is -2.27. The Morgan fingerprint density at radius 1 is 0.754 bits per heavy atom. The maximum absolute atomic E-state index is 10.6. The number of aromatic hydroxyl groups is 1. The first-order valence-electron chi connectivity index (χ1n) is 18.3. The van der Waals surface area contributed by atoms with Gasteiger partial charge in [0.25, 0.3) is 0 Å². The Bertz CT molecular complexity index is 2690. The number of halogens is 2. The van der Waals surface area contributed by atoms with Gasteiger partial charge in [0.05, 0.1) is 41.2 Å². The fourth-order valence-corrected chi connectivity index (χ4v) is 7.13. The first-order valence-corrected chi connectivity index (χ1v) is 19.9. The minimum atomic E-state index is -0.401. The fraction of sp³-hybridized carbons (Fsp3) is 0.125. The van der Waals surface area contributed by atoms with E-state index in [1.54, 1.807) is 55.7 Å². The molecule has 0 fully saturated rings. The average Bonchev–Trinajstić information content (AvgIpc) is 3.27. The van der Waals surface area contributed by atoms with Gasteiger partial charge in [-0.2, -0.15) is 15.8 Å². The molecular formula is C48H40Br2N4O7. The lowest BCUT2D eigenvalue weighted by Crippen LogP contribution is -2.21. The highest BCUT2D eigenvalue weighted by molar-refractivity contribution is 9.11. The number of carbonyl (C=O) groups is 1. The van der Waals surface area contributed by atoms with Gasteiger partial charge >= 0.3 is 0 Å². The van der Waals surface area contributed by atoms with E-state index in [0.717, 1.165) is 39.0 Å². The second kappa shape index (κ2) is 23.4. The molecule has 0 radical (unpaired) electrons. The lowest BCUT2D eigenvalue weighted by atomic mass is 9.82. The van der Waals surface area contributed by atoms with Gasteiger partial charge < -0.3 is 34.5 Å². The summed E-state index contributed by atoms with van der Waals surface area (Å²) in [6.07, 6.45) is 4.06. The van der Waals surface area contributed by atoms with E-state index >= 15 is 0 Å². The fourth-order valence-electron chi connectivity index (χ4n) is 5.98. The zero-order chi connectivity index (χ0) is 44.3. The van der Waals surface area contributed by atoms with Crippen LogP contribution in [0.1, 0.15) is 33.8 Å². The van der Waals surface area contributed by atoms with Gasteiger partial charge in [0, 0.05) is 11.1 Å². The number of benzene rings is 6. The van der Waals surface area contributed by atoms with Crippen molar-refractivity contribution in [2.45, 2.75) is 12.3 Å². The number of hydrogen-bond donors (Lipinski definition) is 2. The monoisotopic (exact) mass is 942 g/mol. The van der Waals surface area contributed by atoms with Crippen LogP contribution in [0.5, 0.6) is 34.5 Å². The molecule has 0 spiro atoms. The van der Waals surface area contributed by atoms with E-state index in [0.29, 0.717) is 67.8 Å². The molecule has 0 saturated carbocycles. The van der Waals surface area contributed by atoms with Gasteiger partial charge in [-0.3, -0.25) is 4.79 Å². The average molecular weight is 945 g/mol. The van der Waals surface area contributed by atoms with Gasteiger partial charge in [0.2, 0.25) is 5.88 Å². The van der Waals surface area contributed by atoms with Crippen LogP contribution in [0.4, 0.5) is 0 Å². The third-order valence-corrected chi connectivity index (χ3v) is 9.82. The number of fused-ring (bicyclic) bond motifs is 3. The molecule has 0 aliphatic carbocycles. The summed E-state index contributed by atoms with van der Waals surface area (Å²) in [5, 5.41) is 38.5. The number of nitrogens with two attached hydrogens (primary N) is 1. The highest BCUT2D eigenvalue weighted by Crippen LogP contribution is 2.47. The van der Waals surface area contributed by atoms with E-state index < -0.39 is 5.92 Å². The Labute approximate surface area is 371 Å². The topological polar surface area (TPSA) is 181 Å². The summed E-state index contributed by atoms with van der Waals surface area (Å²) in [6, 6.07) is 37.9. The Morgan fingerprint density at radius 2 is 1.30 bits per heavy atom. The number of phenolic OH excluding ortho intramolecular Hbond substituents is 1. The minimum Gasteiger partial charge on any atom is -0.508 e. The summed E-state index contributed by atoms with van der Waals surface area (Å²) in [7, 11) is 3.10. The Kier molecular flexibility index (Phi) is 17.8. The molecule has 1 unspecified atom stereocenters. The second-order valence-electron chi connectivity index (χ2n) is 12.6. The molecule has 1 heterocycles. The van der Waals surface area contributed by atoms with Crippen LogP contribution >= 0.6 is 31.9 Å². The van der Waals surface area contributed by atoms with Crippen LogP contribution in [0, 0.1) is 34.0 Å². The van der Waals surface area contributed by atoms with Gasteiger partial charge in [-0.1, -0.05) is 79.9 Å². The van der Waals surface area contributed by atoms with E-state index in [1.165, 1.54) is 7.11 Å². The van der Waals surface area contributed by atoms with Crippen LogP contribution in [0.3, 0.4) is 0 Å². The van der Waals surface area contributed by atoms with Crippen LogP contribution in [0.15, 0.2) is 149 Å². The number of ether oxygens (including phenoxy) is 5. The van der Waals surface area contributed by atoms with Crippen molar-refractivity contribution in [3.63, 3.8) is 0 Å². The number of rotatable bonds is 10. The number of methoxy groups -OCH3 is 2. The number of hydrogen-bond acceptors (Lipinski definition) is 11. The number of nitriles is 3. The molecule has 1 aliphatic heterocycles. The van der Waals surface area contributed by atoms with Crippen molar-refractivity contribution in [3.05, 3.63) is 166 Å². The number of carbonyl (C=O) groups excluding carboxylic acids is 1. The summed E-state index contributed by atoms with van der Waals surface area (Å²) < 4.78 is 29.0. The number of aldehydes is 1. The number of phenols is 1. The van der Waals surface area contributed by atoms with Gasteiger partial charge in [-0.25, -0.2) is 0 Å². The standard InChI is InChI=1S/C24H19BrN2O3.C11H11BrO3.C10H8O.C3H2N2/c1-3-8-29-23-19(25)10-16(12-21(23)28-2)22-17-9-14-6-4-5-7-15(14)11-20(17)30-24(27)18(22)13-26;1-3-4-15-11-9(12)5-8(7-13)6-10(11)14-2;11-10-6-5-8-3-1-2-4-9(8)7-10;4-2-1-3-5/h3-7,9-12,22H,1,8,27H2,2H3;3,5-7H,1,4H2,2H3;1-7,11H;1H2.